The van der Waals surface area contributed by atoms with Gasteiger partial charge in [-0.25, -0.2) is 0 Å². The molecule has 0 aliphatic rings. The van der Waals surface area contributed by atoms with Crippen LogP contribution in [-0.4, -0.2) is 17.3 Å². The second-order valence-corrected chi connectivity index (χ2v) is 5.33. The van der Waals surface area contributed by atoms with E-state index in [2.05, 4.69) is 53.6 Å². The summed E-state index contributed by atoms with van der Waals surface area (Å²) in [4.78, 5) is 5.69. The summed E-state index contributed by atoms with van der Waals surface area (Å²) >= 11 is 1.88. The van der Waals surface area contributed by atoms with E-state index in [4.69, 9.17) is 0 Å². The Hall–Kier alpha value is -1.32. The van der Waals surface area contributed by atoms with E-state index >= 15 is 0 Å². The fourth-order valence-corrected chi connectivity index (χ4v) is 2.41. The molecular formula is C15H18N2S. The van der Waals surface area contributed by atoms with Crippen LogP contribution in [0.15, 0.2) is 53.6 Å². The number of pyridine rings is 1. The topological polar surface area (TPSA) is 24.9 Å². The number of aryl methyl sites for hydroxylation is 1. The highest BCUT2D eigenvalue weighted by Gasteiger charge is 1.95. The van der Waals surface area contributed by atoms with E-state index in [1.165, 1.54) is 10.5 Å². The highest BCUT2D eigenvalue weighted by molar-refractivity contribution is 7.99. The normalized spacial score (nSPS) is 10.5. The van der Waals surface area contributed by atoms with Crippen molar-refractivity contribution in [3.8, 4) is 0 Å². The maximum Gasteiger partial charge on any atom is 0.0541 e. The third-order valence-electron chi connectivity index (χ3n) is 2.57. The number of nitrogens with one attached hydrogen (secondary N) is 1. The van der Waals surface area contributed by atoms with Crippen molar-refractivity contribution >= 4 is 11.8 Å². The van der Waals surface area contributed by atoms with Crippen molar-refractivity contribution in [1.82, 2.24) is 10.3 Å². The Morgan fingerprint density at radius 3 is 2.67 bits per heavy atom. The van der Waals surface area contributed by atoms with Crippen LogP contribution in [-0.2, 0) is 6.54 Å². The molecule has 0 fully saturated rings. The first-order valence-electron chi connectivity index (χ1n) is 6.15. The summed E-state index contributed by atoms with van der Waals surface area (Å²) in [6.07, 6.45) is 1.91. The molecule has 94 valence electrons. The average Bonchev–Trinajstić information content (AvgIpc) is 2.42. The molecule has 2 rings (SSSR count). The summed E-state index contributed by atoms with van der Waals surface area (Å²) in [5.41, 5.74) is 2.31. The molecule has 2 aromatic rings. The van der Waals surface area contributed by atoms with E-state index in [9.17, 15) is 0 Å². The molecule has 0 saturated heterocycles. The van der Waals surface area contributed by atoms with Crippen molar-refractivity contribution in [1.29, 1.82) is 0 Å². The van der Waals surface area contributed by atoms with Gasteiger partial charge in [0.2, 0.25) is 0 Å². The third kappa shape index (κ3) is 4.51. The smallest absolute Gasteiger partial charge is 0.0541 e. The lowest BCUT2D eigenvalue weighted by atomic mass is 10.3. The highest BCUT2D eigenvalue weighted by Crippen LogP contribution is 2.15. The van der Waals surface area contributed by atoms with Gasteiger partial charge >= 0.3 is 0 Å². The Bertz CT molecular complexity index is 454. The quantitative estimate of drug-likeness (QED) is 0.636. The van der Waals surface area contributed by atoms with E-state index in [-0.39, 0.29) is 0 Å². The van der Waals surface area contributed by atoms with Gasteiger partial charge in [-0.05, 0) is 30.7 Å². The van der Waals surface area contributed by atoms with Crippen LogP contribution in [0.5, 0.6) is 0 Å². The molecule has 0 amide bonds. The van der Waals surface area contributed by atoms with E-state index in [1.54, 1.807) is 0 Å². The van der Waals surface area contributed by atoms with Crippen LogP contribution in [0.2, 0.25) is 0 Å². The van der Waals surface area contributed by atoms with E-state index in [0.717, 1.165) is 24.5 Å². The van der Waals surface area contributed by atoms with Crippen LogP contribution in [0.3, 0.4) is 0 Å². The molecule has 0 saturated carbocycles. The summed E-state index contributed by atoms with van der Waals surface area (Å²) in [5.74, 6) is 1.08. The first kappa shape index (κ1) is 13.1. The standard InChI is InChI=1S/C15H18N2S/c1-13-7-8-14(17-11-13)12-16-9-10-18-15-5-3-2-4-6-15/h2-8,11,16H,9-10,12H2,1H3. The number of thioether (sulfide) groups is 1. The van der Waals surface area contributed by atoms with E-state index < -0.39 is 0 Å². The molecule has 0 atom stereocenters. The Kier molecular flexibility index (Phi) is 5.24. The number of aromatic nitrogens is 1. The minimum Gasteiger partial charge on any atom is -0.310 e. The van der Waals surface area contributed by atoms with Gasteiger partial charge in [0.25, 0.3) is 0 Å². The largest absolute Gasteiger partial charge is 0.310 e. The summed E-state index contributed by atoms with van der Waals surface area (Å²) in [5, 5.41) is 3.41. The van der Waals surface area contributed by atoms with Gasteiger partial charge < -0.3 is 5.32 Å². The fourth-order valence-electron chi connectivity index (χ4n) is 1.58. The zero-order valence-electron chi connectivity index (χ0n) is 10.6. The van der Waals surface area contributed by atoms with Crippen molar-refractivity contribution in [2.75, 3.05) is 12.3 Å². The molecule has 1 N–H and O–H groups in total. The zero-order chi connectivity index (χ0) is 12.6. The summed E-state index contributed by atoms with van der Waals surface area (Å²) in [6, 6.07) is 14.7. The van der Waals surface area contributed by atoms with Gasteiger partial charge in [0.1, 0.15) is 0 Å². The van der Waals surface area contributed by atoms with Crippen LogP contribution < -0.4 is 5.32 Å². The molecule has 2 nitrogen and oxygen atoms in total. The number of nitrogens with zero attached hydrogens (tertiary/aromatic N) is 1. The molecule has 0 radical (unpaired) electrons. The predicted octanol–water partition coefficient (Wildman–Crippen LogP) is 3.27. The lowest BCUT2D eigenvalue weighted by Gasteiger charge is -2.04. The Labute approximate surface area is 113 Å². The van der Waals surface area contributed by atoms with Gasteiger partial charge in [-0.15, -0.1) is 11.8 Å². The number of benzene rings is 1. The van der Waals surface area contributed by atoms with E-state index in [0.29, 0.717) is 0 Å². The molecule has 1 aromatic carbocycles. The van der Waals surface area contributed by atoms with Crippen molar-refractivity contribution in [3.63, 3.8) is 0 Å². The molecule has 0 bridgehead atoms. The third-order valence-corrected chi connectivity index (χ3v) is 3.58. The Morgan fingerprint density at radius 2 is 1.94 bits per heavy atom. The minimum atomic E-state index is 0.843. The molecular weight excluding hydrogens is 240 g/mol. The second kappa shape index (κ2) is 7.19. The van der Waals surface area contributed by atoms with Gasteiger partial charge in [-0.1, -0.05) is 24.3 Å². The van der Waals surface area contributed by atoms with Crippen LogP contribution in [0.4, 0.5) is 0 Å². The highest BCUT2D eigenvalue weighted by atomic mass is 32.2. The lowest BCUT2D eigenvalue weighted by Crippen LogP contribution is -2.17. The number of rotatable bonds is 6. The SMILES string of the molecule is Cc1ccc(CNCCSc2ccccc2)nc1. The molecule has 0 aliphatic carbocycles. The molecule has 0 unspecified atom stereocenters. The van der Waals surface area contributed by atoms with Crippen LogP contribution in [0, 0.1) is 6.92 Å². The second-order valence-electron chi connectivity index (χ2n) is 4.17. The van der Waals surface area contributed by atoms with Gasteiger partial charge in [0, 0.05) is 29.9 Å². The molecule has 1 heterocycles. The average molecular weight is 258 g/mol. The molecule has 1 aromatic heterocycles. The Balaban J connectivity index is 1.63. The molecule has 3 heteroatoms. The minimum absolute atomic E-state index is 0.843. The summed E-state index contributed by atoms with van der Waals surface area (Å²) < 4.78 is 0. The van der Waals surface area contributed by atoms with Gasteiger partial charge in [-0.3, -0.25) is 4.98 Å². The first-order chi connectivity index (χ1) is 8.84. The van der Waals surface area contributed by atoms with Crippen molar-refractivity contribution < 1.29 is 0 Å². The zero-order valence-corrected chi connectivity index (χ0v) is 11.4. The van der Waals surface area contributed by atoms with Crippen molar-refractivity contribution in [3.05, 3.63) is 59.9 Å². The summed E-state index contributed by atoms with van der Waals surface area (Å²) in [6.45, 7) is 3.89. The molecule has 18 heavy (non-hydrogen) atoms. The molecule has 0 aliphatic heterocycles. The Morgan fingerprint density at radius 1 is 1.11 bits per heavy atom. The van der Waals surface area contributed by atoms with Gasteiger partial charge in [0.05, 0.1) is 5.69 Å². The summed E-state index contributed by atoms with van der Waals surface area (Å²) in [7, 11) is 0. The molecule has 0 spiro atoms. The monoisotopic (exact) mass is 258 g/mol. The lowest BCUT2D eigenvalue weighted by molar-refractivity contribution is 0.715. The van der Waals surface area contributed by atoms with Gasteiger partial charge in [-0.2, -0.15) is 0 Å². The number of hydrogen-bond acceptors (Lipinski definition) is 3. The maximum absolute atomic E-state index is 4.36. The van der Waals surface area contributed by atoms with Crippen LogP contribution in [0.25, 0.3) is 0 Å². The van der Waals surface area contributed by atoms with Crippen molar-refractivity contribution in [2.45, 2.75) is 18.4 Å². The first-order valence-corrected chi connectivity index (χ1v) is 7.13. The van der Waals surface area contributed by atoms with Crippen LogP contribution >= 0.6 is 11.8 Å². The predicted molar refractivity (Wildman–Crippen MR) is 77.8 cm³/mol. The maximum atomic E-state index is 4.36. The number of hydrogen-bond donors (Lipinski definition) is 1. The fraction of sp³-hybridized carbons (Fsp3) is 0.267. The van der Waals surface area contributed by atoms with Crippen molar-refractivity contribution in [2.24, 2.45) is 0 Å². The van der Waals surface area contributed by atoms with Crippen LogP contribution in [0.1, 0.15) is 11.3 Å². The van der Waals surface area contributed by atoms with E-state index in [1.807, 2.05) is 24.0 Å². The van der Waals surface area contributed by atoms with Gasteiger partial charge in [0.15, 0.2) is 0 Å².